The molecule has 35 heavy (non-hydrogen) atoms. The number of anilines is 2. The second-order valence-electron chi connectivity index (χ2n) is 10.0. The van der Waals surface area contributed by atoms with Crippen molar-refractivity contribution in [2.75, 3.05) is 42.6 Å². The van der Waals surface area contributed by atoms with Crippen LogP contribution in [-0.2, 0) is 11.3 Å². The van der Waals surface area contributed by atoms with Crippen LogP contribution in [0.2, 0.25) is 0 Å². The van der Waals surface area contributed by atoms with Gasteiger partial charge in [-0.2, -0.15) is 0 Å². The smallest absolute Gasteiger partial charge is 0.175 e. The first-order chi connectivity index (χ1) is 17.0. The van der Waals surface area contributed by atoms with E-state index in [0.29, 0.717) is 54.3 Å². The maximum atomic E-state index is 14.0. The van der Waals surface area contributed by atoms with E-state index < -0.39 is 6.17 Å². The Morgan fingerprint density at radius 3 is 2.86 bits per heavy atom. The third-order valence-electron chi connectivity index (χ3n) is 7.98. The van der Waals surface area contributed by atoms with Crippen molar-refractivity contribution in [3.8, 4) is 5.75 Å². The molecule has 0 saturated carbocycles. The summed E-state index contributed by atoms with van der Waals surface area (Å²) in [6, 6.07) is 1.95. The van der Waals surface area contributed by atoms with Gasteiger partial charge >= 0.3 is 0 Å². The molecule has 0 unspecified atom stereocenters. The molecule has 9 nitrogen and oxygen atoms in total. The Morgan fingerprint density at radius 2 is 2.11 bits per heavy atom. The fraction of sp³-hybridized carbons (Fsp3) is 0.625. The van der Waals surface area contributed by atoms with Crippen molar-refractivity contribution in [2.45, 2.75) is 67.1 Å². The Labute approximate surface area is 208 Å². The summed E-state index contributed by atoms with van der Waals surface area (Å²) in [4.78, 5) is 18.9. The first-order valence-electron chi connectivity index (χ1n) is 12.3. The van der Waals surface area contributed by atoms with Crippen molar-refractivity contribution in [3.63, 3.8) is 0 Å². The molecule has 4 aliphatic heterocycles. The second-order valence-corrected chi connectivity index (χ2v) is 11.1. The summed E-state index contributed by atoms with van der Waals surface area (Å²) in [5, 5.41) is 10.7. The van der Waals surface area contributed by atoms with Crippen molar-refractivity contribution < 1.29 is 19.0 Å². The molecular formula is C24H31FN6O3S. The number of hydrogen-bond donors (Lipinski definition) is 2. The van der Waals surface area contributed by atoms with E-state index in [1.807, 2.05) is 17.9 Å². The third kappa shape index (κ3) is 4.02. The standard InChI is InChI=1S/C24H31FN6O3S/c1-14-21(26)24(13-34-14)3-6-30(7-4-24)22-17(11-32)29-19(9-28-22)35-18-2-5-27-23-20(18)33-12-16-8-15(25)10-31(16)23/h2,5,9,14-16,21,32H,3-4,6-8,10-13,26H2,1H3/t14-,15+,16-,21+/m0/s1. The highest BCUT2D eigenvalue weighted by Crippen LogP contribution is 2.45. The van der Waals surface area contributed by atoms with Crippen LogP contribution >= 0.6 is 11.8 Å². The number of nitrogens with two attached hydrogens (primary N) is 1. The molecular weight excluding hydrogens is 471 g/mol. The molecule has 6 heterocycles. The van der Waals surface area contributed by atoms with Crippen molar-refractivity contribution in [2.24, 2.45) is 11.1 Å². The van der Waals surface area contributed by atoms with Crippen LogP contribution in [0.5, 0.6) is 5.75 Å². The van der Waals surface area contributed by atoms with Gasteiger partial charge in [0.25, 0.3) is 0 Å². The number of aliphatic hydroxyl groups is 1. The number of piperidine rings is 1. The fourth-order valence-corrected chi connectivity index (χ4v) is 6.73. The zero-order chi connectivity index (χ0) is 24.2. The van der Waals surface area contributed by atoms with Gasteiger partial charge in [-0.25, -0.2) is 19.3 Å². The van der Waals surface area contributed by atoms with Crippen LogP contribution in [0.25, 0.3) is 0 Å². The first-order valence-corrected chi connectivity index (χ1v) is 13.1. The van der Waals surface area contributed by atoms with E-state index in [1.54, 1.807) is 12.4 Å². The lowest BCUT2D eigenvalue weighted by Gasteiger charge is -2.41. The minimum absolute atomic E-state index is 0.0233. The maximum Gasteiger partial charge on any atom is 0.175 e. The highest BCUT2D eigenvalue weighted by Gasteiger charge is 2.47. The number of aromatic nitrogens is 3. The van der Waals surface area contributed by atoms with Gasteiger partial charge in [-0.15, -0.1) is 0 Å². The van der Waals surface area contributed by atoms with Crippen LogP contribution in [-0.4, -0.2) is 77.3 Å². The zero-order valence-corrected chi connectivity index (χ0v) is 20.6. The molecule has 0 bridgehead atoms. The lowest BCUT2D eigenvalue weighted by Crippen LogP contribution is -2.51. The number of rotatable bonds is 4. The van der Waals surface area contributed by atoms with E-state index in [9.17, 15) is 9.50 Å². The molecule has 6 rings (SSSR count). The number of pyridine rings is 1. The number of hydrogen-bond acceptors (Lipinski definition) is 10. The monoisotopic (exact) mass is 502 g/mol. The van der Waals surface area contributed by atoms with E-state index >= 15 is 0 Å². The van der Waals surface area contributed by atoms with Gasteiger partial charge in [0.05, 0.1) is 43.0 Å². The Morgan fingerprint density at radius 1 is 1.29 bits per heavy atom. The van der Waals surface area contributed by atoms with Crippen LogP contribution in [0.15, 0.2) is 28.4 Å². The zero-order valence-electron chi connectivity index (χ0n) is 19.8. The first kappa shape index (κ1) is 23.2. The van der Waals surface area contributed by atoms with Gasteiger partial charge in [-0.3, -0.25) is 0 Å². The number of fused-ring (bicyclic) bond motifs is 3. The molecule has 188 valence electrons. The van der Waals surface area contributed by atoms with Gasteiger partial charge in [-0.05, 0) is 25.8 Å². The Hall–Kier alpha value is -2.21. The van der Waals surface area contributed by atoms with Gasteiger partial charge < -0.3 is 30.1 Å². The molecule has 0 aromatic carbocycles. The van der Waals surface area contributed by atoms with Gasteiger partial charge in [0.15, 0.2) is 17.4 Å². The van der Waals surface area contributed by atoms with Crippen LogP contribution in [0.1, 0.15) is 31.9 Å². The van der Waals surface area contributed by atoms with Crippen molar-refractivity contribution in [3.05, 3.63) is 24.2 Å². The van der Waals surface area contributed by atoms with Gasteiger partial charge in [0, 0.05) is 37.2 Å². The van der Waals surface area contributed by atoms with Crippen LogP contribution in [0, 0.1) is 5.41 Å². The van der Waals surface area contributed by atoms with Gasteiger partial charge in [0.1, 0.15) is 23.5 Å². The summed E-state index contributed by atoms with van der Waals surface area (Å²) < 4.78 is 25.8. The summed E-state index contributed by atoms with van der Waals surface area (Å²) in [5.74, 6) is 2.06. The molecule has 3 fully saturated rings. The largest absolute Gasteiger partial charge is 0.486 e. The summed E-state index contributed by atoms with van der Waals surface area (Å²) in [5.41, 5.74) is 7.03. The molecule has 2 aromatic rings. The van der Waals surface area contributed by atoms with Crippen molar-refractivity contribution in [1.29, 1.82) is 0 Å². The number of alkyl halides is 1. The summed E-state index contributed by atoms with van der Waals surface area (Å²) in [6.45, 7) is 4.95. The SMILES string of the molecule is C[C@@H]1OCC2(CCN(c3ncc(Sc4ccnc5c4OC[C@@H]4C[C@@H](F)CN54)nc3CO)CC2)[C@@H]1N. The Kier molecular flexibility index (Phi) is 5.98. The van der Waals surface area contributed by atoms with E-state index in [1.165, 1.54) is 11.8 Å². The fourth-order valence-electron chi connectivity index (χ4n) is 5.87. The molecule has 4 atom stereocenters. The van der Waals surface area contributed by atoms with E-state index in [-0.39, 0.29) is 30.2 Å². The molecule has 4 aliphatic rings. The predicted octanol–water partition coefficient (Wildman–Crippen LogP) is 2.16. The average molecular weight is 503 g/mol. The van der Waals surface area contributed by atoms with Crippen molar-refractivity contribution >= 4 is 23.4 Å². The Bertz CT molecular complexity index is 1100. The minimum atomic E-state index is -0.858. The molecule has 2 aromatic heterocycles. The topological polar surface area (TPSA) is 110 Å². The normalized spacial score (nSPS) is 29.3. The number of aliphatic hydroxyl groups excluding tert-OH is 1. The highest BCUT2D eigenvalue weighted by molar-refractivity contribution is 7.99. The lowest BCUT2D eigenvalue weighted by atomic mass is 9.73. The third-order valence-corrected chi connectivity index (χ3v) is 8.92. The average Bonchev–Trinajstić information content (AvgIpc) is 3.39. The second kappa shape index (κ2) is 9.02. The highest BCUT2D eigenvalue weighted by atomic mass is 32.2. The van der Waals surface area contributed by atoms with Crippen LogP contribution < -0.4 is 20.3 Å². The maximum absolute atomic E-state index is 14.0. The predicted molar refractivity (Wildman–Crippen MR) is 130 cm³/mol. The van der Waals surface area contributed by atoms with E-state index in [2.05, 4.69) is 9.88 Å². The molecule has 3 saturated heterocycles. The number of halogens is 1. The molecule has 1 spiro atoms. The van der Waals surface area contributed by atoms with Crippen molar-refractivity contribution in [1.82, 2.24) is 15.0 Å². The summed E-state index contributed by atoms with van der Waals surface area (Å²) >= 11 is 1.42. The van der Waals surface area contributed by atoms with Gasteiger partial charge in [0.2, 0.25) is 0 Å². The lowest BCUT2D eigenvalue weighted by molar-refractivity contribution is 0.0973. The molecule has 3 N–H and O–H groups in total. The van der Waals surface area contributed by atoms with E-state index in [4.69, 9.17) is 25.2 Å². The molecule has 0 radical (unpaired) electrons. The van der Waals surface area contributed by atoms with Crippen LogP contribution in [0.4, 0.5) is 16.0 Å². The summed E-state index contributed by atoms with van der Waals surface area (Å²) in [7, 11) is 0. The molecule has 0 amide bonds. The number of ether oxygens (including phenoxy) is 2. The Balaban J connectivity index is 1.19. The number of nitrogens with zero attached hydrogens (tertiary/aromatic N) is 5. The van der Waals surface area contributed by atoms with Crippen LogP contribution in [0.3, 0.4) is 0 Å². The molecule has 0 aliphatic carbocycles. The van der Waals surface area contributed by atoms with Gasteiger partial charge in [-0.1, -0.05) is 11.8 Å². The minimum Gasteiger partial charge on any atom is -0.486 e. The molecule has 11 heteroatoms. The quantitative estimate of drug-likeness (QED) is 0.645. The summed E-state index contributed by atoms with van der Waals surface area (Å²) in [6.07, 6.45) is 5.02. The van der Waals surface area contributed by atoms with E-state index in [0.717, 1.165) is 30.8 Å².